The first-order chi connectivity index (χ1) is 10.5. The average Bonchev–Trinajstić information content (AvgIpc) is 2.53. The van der Waals surface area contributed by atoms with Gasteiger partial charge in [-0.2, -0.15) is 0 Å². The molecule has 0 aliphatic heterocycles. The first kappa shape index (κ1) is 19.1. The number of phenols is 1. The molecule has 6 heteroatoms. The molecule has 5 nitrogen and oxygen atoms in total. The summed E-state index contributed by atoms with van der Waals surface area (Å²) in [7, 11) is 3.06. The van der Waals surface area contributed by atoms with E-state index in [4.69, 9.17) is 9.47 Å². The number of phenolic OH excluding ortho intramolecular Hbond substituents is 1. The molecule has 116 valence electrons. The topological polar surface area (TPSA) is 76.0 Å². The van der Waals surface area contributed by atoms with Crippen molar-refractivity contribution in [2.45, 2.75) is 0 Å². The summed E-state index contributed by atoms with van der Waals surface area (Å²) in [6.07, 6.45) is 1.53. The van der Waals surface area contributed by atoms with Gasteiger partial charge in [-0.05, 0) is 41.5 Å². The van der Waals surface area contributed by atoms with E-state index in [1.54, 1.807) is 30.3 Å². The van der Waals surface area contributed by atoms with Crippen molar-refractivity contribution in [1.82, 2.24) is 0 Å². The molecule has 0 saturated carbocycles. The molecule has 0 atom stereocenters. The number of carboxylic acids is 1. The molecule has 2 aromatic carbocycles. The summed E-state index contributed by atoms with van der Waals surface area (Å²) in [6.45, 7) is 0. The Hall–Kier alpha value is -1.95. The first-order valence-electron chi connectivity index (χ1n) is 6.51. The van der Waals surface area contributed by atoms with Gasteiger partial charge in [-0.3, -0.25) is 0 Å². The fraction of sp³-hybridized carbons (Fsp3) is 0.118. The minimum atomic E-state index is -1.06. The zero-order valence-corrected chi connectivity index (χ0v) is 12.2. The number of methoxy groups -OCH3 is 2. The van der Waals surface area contributed by atoms with E-state index in [0.29, 0.717) is 22.6 Å². The average molecular weight is 324 g/mol. The normalized spacial score (nSPS) is 10.6. The van der Waals surface area contributed by atoms with Crippen molar-refractivity contribution < 1.29 is 24.5 Å². The quantitative estimate of drug-likeness (QED) is 0.502. The second-order valence-electron chi connectivity index (χ2n) is 4.56. The van der Waals surface area contributed by atoms with Crippen LogP contribution in [-0.4, -0.2) is 60.0 Å². The third kappa shape index (κ3) is 5.03. The zero-order valence-electron chi connectivity index (χ0n) is 12.2. The van der Waals surface area contributed by atoms with Crippen molar-refractivity contribution in [3.63, 3.8) is 0 Å². The molecule has 2 aromatic rings. The Bertz CT molecular complexity index is 685. The number of hydrogen-bond donors (Lipinski definition) is 2. The predicted octanol–water partition coefficient (Wildman–Crippen LogP) is 2.39. The Morgan fingerprint density at radius 1 is 1.00 bits per heavy atom. The Morgan fingerprint density at radius 2 is 1.52 bits per heavy atom. The van der Waals surface area contributed by atoms with Gasteiger partial charge < -0.3 is 19.7 Å². The molecule has 0 amide bonds. The molecule has 0 spiro atoms. The van der Waals surface area contributed by atoms with Crippen LogP contribution >= 0.6 is 0 Å². The first-order valence-corrected chi connectivity index (χ1v) is 6.51. The summed E-state index contributed by atoms with van der Waals surface area (Å²) in [4.78, 5) is 11.5. The van der Waals surface area contributed by atoms with E-state index in [-0.39, 0.29) is 40.9 Å². The van der Waals surface area contributed by atoms with Crippen molar-refractivity contribution in [1.29, 1.82) is 0 Å². The van der Waals surface area contributed by atoms with Crippen LogP contribution < -0.4 is 9.47 Å². The Balaban J connectivity index is 0.00000264. The van der Waals surface area contributed by atoms with Crippen LogP contribution in [0, 0.1) is 0 Å². The fourth-order valence-corrected chi connectivity index (χ4v) is 1.99. The summed E-state index contributed by atoms with van der Waals surface area (Å²) in [6, 6.07) is 11.1. The van der Waals surface area contributed by atoms with E-state index < -0.39 is 5.97 Å². The predicted molar refractivity (Wildman–Crippen MR) is 90.3 cm³/mol. The number of carbonyl (C=O) groups is 1. The minimum absolute atomic E-state index is 0. The maximum atomic E-state index is 11.5. The van der Waals surface area contributed by atoms with Crippen LogP contribution in [0.3, 0.4) is 0 Å². The standard InChI is InChI=1S/C17H16O5.Na.H/c1-21-14-7-11(8-15(10-14)22-2)9-16(17(19)20)12-3-5-13(18)6-4-12;;/h3-10,18H,1-2H3,(H,19,20);;/b16-9+;;. The van der Waals surface area contributed by atoms with Crippen LogP contribution in [0.15, 0.2) is 42.5 Å². The van der Waals surface area contributed by atoms with Gasteiger partial charge in [-0.15, -0.1) is 0 Å². The Kier molecular flexibility index (Phi) is 7.16. The summed E-state index contributed by atoms with van der Waals surface area (Å²) in [5, 5.41) is 18.7. The summed E-state index contributed by atoms with van der Waals surface area (Å²) in [5.74, 6) is 0.158. The van der Waals surface area contributed by atoms with Crippen LogP contribution in [0.5, 0.6) is 17.2 Å². The SMILES string of the molecule is COc1cc(/C=C(/C(=O)O)c2ccc(O)cc2)cc(OC)c1.[NaH]. The maximum absolute atomic E-state index is 11.5. The van der Waals surface area contributed by atoms with Gasteiger partial charge >= 0.3 is 35.5 Å². The fourth-order valence-electron chi connectivity index (χ4n) is 1.99. The number of aromatic hydroxyl groups is 1. The van der Waals surface area contributed by atoms with Crippen LogP contribution in [0.1, 0.15) is 11.1 Å². The molecule has 0 saturated heterocycles. The van der Waals surface area contributed by atoms with Gasteiger partial charge in [0.2, 0.25) is 0 Å². The number of hydrogen-bond acceptors (Lipinski definition) is 4. The molecule has 2 rings (SSSR count). The summed E-state index contributed by atoms with van der Waals surface area (Å²) in [5.41, 5.74) is 1.24. The van der Waals surface area contributed by atoms with Crippen LogP contribution in [0.4, 0.5) is 0 Å². The third-order valence-electron chi connectivity index (χ3n) is 3.09. The van der Waals surface area contributed by atoms with E-state index in [1.807, 2.05) is 0 Å². The monoisotopic (exact) mass is 324 g/mol. The van der Waals surface area contributed by atoms with Crippen molar-refractivity contribution in [2.24, 2.45) is 0 Å². The molecule has 2 N–H and O–H groups in total. The molecule has 0 fully saturated rings. The zero-order chi connectivity index (χ0) is 16.1. The van der Waals surface area contributed by atoms with E-state index in [2.05, 4.69) is 0 Å². The van der Waals surface area contributed by atoms with Gasteiger partial charge in [-0.1, -0.05) is 12.1 Å². The molecule has 0 heterocycles. The molecular formula is C17H17NaO5. The van der Waals surface area contributed by atoms with E-state index in [9.17, 15) is 15.0 Å². The Morgan fingerprint density at radius 3 is 1.96 bits per heavy atom. The van der Waals surface area contributed by atoms with Crippen molar-refractivity contribution in [2.75, 3.05) is 14.2 Å². The van der Waals surface area contributed by atoms with Crippen molar-refractivity contribution in [3.8, 4) is 17.2 Å². The van der Waals surface area contributed by atoms with Crippen molar-refractivity contribution >= 4 is 47.2 Å². The number of ether oxygens (including phenoxy) is 2. The molecule has 0 bridgehead atoms. The van der Waals surface area contributed by atoms with Gasteiger partial charge in [0, 0.05) is 6.07 Å². The van der Waals surface area contributed by atoms with Crippen LogP contribution in [0.2, 0.25) is 0 Å². The van der Waals surface area contributed by atoms with Gasteiger partial charge in [0.05, 0.1) is 19.8 Å². The second kappa shape index (κ2) is 8.62. The number of rotatable bonds is 5. The van der Waals surface area contributed by atoms with E-state index in [1.165, 1.54) is 32.4 Å². The van der Waals surface area contributed by atoms with Gasteiger partial charge in [0.1, 0.15) is 17.2 Å². The van der Waals surface area contributed by atoms with E-state index in [0.717, 1.165) is 0 Å². The summed E-state index contributed by atoms with van der Waals surface area (Å²) < 4.78 is 10.3. The molecule has 0 radical (unpaired) electrons. The molecule has 23 heavy (non-hydrogen) atoms. The van der Waals surface area contributed by atoms with Crippen LogP contribution in [-0.2, 0) is 4.79 Å². The third-order valence-corrected chi connectivity index (χ3v) is 3.09. The van der Waals surface area contributed by atoms with Gasteiger partial charge in [-0.25, -0.2) is 4.79 Å². The van der Waals surface area contributed by atoms with Gasteiger partial charge in [0.15, 0.2) is 0 Å². The Labute approximate surface area is 156 Å². The summed E-state index contributed by atoms with van der Waals surface area (Å²) >= 11 is 0. The van der Waals surface area contributed by atoms with Gasteiger partial charge in [0.25, 0.3) is 0 Å². The molecule has 0 aliphatic carbocycles. The molecule has 0 unspecified atom stereocenters. The number of benzene rings is 2. The number of aliphatic carboxylic acids is 1. The van der Waals surface area contributed by atoms with Crippen LogP contribution in [0.25, 0.3) is 11.6 Å². The molecule has 0 aromatic heterocycles. The second-order valence-corrected chi connectivity index (χ2v) is 4.56. The molecule has 0 aliphatic rings. The number of carboxylic acid groups (broad SMARTS) is 1. The van der Waals surface area contributed by atoms with Crippen molar-refractivity contribution in [3.05, 3.63) is 53.6 Å². The molecular weight excluding hydrogens is 307 g/mol. The van der Waals surface area contributed by atoms with E-state index >= 15 is 0 Å².